The van der Waals surface area contributed by atoms with E-state index in [-0.39, 0.29) is 23.0 Å². The van der Waals surface area contributed by atoms with Crippen molar-refractivity contribution in [1.82, 2.24) is 9.13 Å². The molecule has 0 unspecified atom stereocenters. The maximum Gasteiger partial charge on any atom is 0.252 e. The third kappa shape index (κ3) is 10.4. The summed E-state index contributed by atoms with van der Waals surface area (Å²) in [4.78, 5) is 5.65. The standard InChI is InChI=1S/C98H89BN4/c1-12-14-31-65-53-67(62-33-19-16-20-34-62)55-77(64-37-23-18-24-38-64)93(65)102-88-59-71(100-84-43-29-27-40-74(84)78-57-69(96(3,4)5)45-51-86(78)100)47-49-82(88)99-83-50-48-72(101-85-44-30-28-41-75(85)79-58-70(97(6,7)8)46-52-87(79)101)60-89(83)103-94-66(32-15-13-2)54-68(63-35-21-17-22-36-63)56-80(94)73-39-25-26-42-76(73)91-81(98(9,10)11)61-90(102)92(99)95(91)103/h16-30,33-61H,12-15,31-32H2,1-11H3. The highest BCUT2D eigenvalue weighted by atomic mass is 15.2. The molecule has 0 radical (unpaired) electrons. The molecule has 0 bridgehead atoms. The molecule has 0 atom stereocenters. The van der Waals surface area contributed by atoms with Crippen molar-refractivity contribution in [1.29, 1.82) is 0 Å². The van der Waals surface area contributed by atoms with Crippen molar-refractivity contribution in [3.8, 4) is 67.0 Å². The number of fused-ring (bicyclic) bond motifs is 16. The summed E-state index contributed by atoms with van der Waals surface area (Å²) < 4.78 is 5.13. The molecule has 2 aromatic heterocycles. The average molecular weight is 1330 g/mol. The van der Waals surface area contributed by atoms with Crippen LogP contribution in [0.2, 0.25) is 0 Å². The molecule has 0 saturated carbocycles. The minimum atomic E-state index is -0.351. The Bertz CT molecular complexity index is 5910. The Kier molecular flexibility index (Phi) is 15.2. The number of aromatic nitrogens is 2. The molecule has 0 amide bonds. The lowest BCUT2D eigenvalue weighted by Crippen LogP contribution is -2.61. The molecule has 0 fully saturated rings. The molecule has 103 heavy (non-hydrogen) atoms. The highest BCUT2D eigenvalue weighted by Crippen LogP contribution is 2.60. The van der Waals surface area contributed by atoms with Gasteiger partial charge in [-0.25, -0.2) is 0 Å². The van der Waals surface area contributed by atoms with E-state index in [9.17, 15) is 0 Å². The topological polar surface area (TPSA) is 16.3 Å². The van der Waals surface area contributed by atoms with Crippen LogP contribution in [0.1, 0.15) is 130 Å². The van der Waals surface area contributed by atoms with E-state index in [0.717, 1.165) is 49.9 Å². The number of rotatable bonds is 12. The van der Waals surface area contributed by atoms with E-state index >= 15 is 0 Å². The van der Waals surface area contributed by atoms with Crippen LogP contribution in [0.5, 0.6) is 0 Å². The van der Waals surface area contributed by atoms with Crippen LogP contribution >= 0.6 is 0 Å². The average Bonchev–Trinajstić information content (AvgIpc) is 1.67. The lowest BCUT2D eigenvalue weighted by molar-refractivity contribution is 0.591. The van der Waals surface area contributed by atoms with Gasteiger partial charge in [0.2, 0.25) is 0 Å². The number of benzene rings is 13. The lowest BCUT2D eigenvalue weighted by atomic mass is 9.33. The zero-order valence-electron chi connectivity index (χ0n) is 61.5. The Hall–Kier alpha value is -10.9. The van der Waals surface area contributed by atoms with Crippen LogP contribution < -0.4 is 26.2 Å². The Morgan fingerprint density at radius 3 is 1.24 bits per heavy atom. The van der Waals surface area contributed by atoms with Gasteiger partial charge in [0.25, 0.3) is 6.71 Å². The number of hydrogen-bond donors (Lipinski definition) is 0. The van der Waals surface area contributed by atoms with E-state index in [1.165, 1.54) is 178 Å². The molecule has 0 N–H and O–H groups in total. The van der Waals surface area contributed by atoms with Gasteiger partial charge in [0.15, 0.2) is 0 Å². The second-order valence-corrected chi connectivity index (χ2v) is 32.5. The molecule has 0 spiro atoms. The molecule has 0 saturated heterocycles. The molecule has 5 heterocycles. The van der Waals surface area contributed by atoms with Crippen molar-refractivity contribution in [2.24, 2.45) is 0 Å². The number of anilines is 6. The van der Waals surface area contributed by atoms with Crippen LogP contribution in [0.4, 0.5) is 34.1 Å². The van der Waals surface area contributed by atoms with Gasteiger partial charge in [0.05, 0.1) is 39.1 Å². The Morgan fingerprint density at radius 2 is 0.748 bits per heavy atom. The molecular formula is C98H89BN4. The van der Waals surface area contributed by atoms with Gasteiger partial charge in [0, 0.05) is 66.7 Å². The molecule has 18 rings (SSSR count). The van der Waals surface area contributed by atoms with E-state index in [4.69, 9.17) is 0 Å². The fourth-order valence-electron chi connectivity index (χ4n) is 17.7. The zero-order chi connectivity index (χ0) is 70.4. The van der Waals surface area contributed by atoms with Crippen LogP contribution in [-0.4, -0.2) is 15.8 Å². The van der Waals surface area contributed by atoms with Crippen molar-refractivity contribution < 1.29 is 0 Å². The van der Waals surface area contributed by atoms with E-state index in [0.29, 0.717) is 0 Å². The second-order valence-electron chi connectivity index (χ2n) is 32.5. The molecule has 504 valence electrons. The van der Waals surface area contributed by atoms with Crippen LogP contribution in [0.25, 0.3) is 111 Å². The number of aryl methyl sites for hydroxylation is 2. The van der Waals surface area contributed by atoms with Crippen molar-refractivity contribution in [2.75, 3.05) is 9.80 Å². The van der Waals surface area contributed by atoms with Gasteiger partial charge in [0.1, 0.15) is 0 Å². The Labute approximate surface area is 608 Å². The van der Waals surface area contributed by atoms with Crippen LogP contribution in [0.3, 0.4) is 0 Å². The van der Waals surface area contributed by atoms with Gasteiger partial charge in [-0.05, 0) is 216 Å². The summed E-state index contributed by atoms with van der Waals surface area (Å²) in [5, 5.41) is 5.07. The maximum absolute atomic E-state index is 2.84. The number of nitrogens with zero attached hydrogens (tertiary/aromatic N) is 4. The predicted molar refractivity (Wildman–Crippen MR) is 443 cm³/mol. The fraction of sp³-hybridized carbons (Fsp3) is 0.204. The second kappa shape index (κ2) is 24.4. The van der Waals surface area contributed by atoms with E-state index in [2.05, 4.69) is 362 Å². The number of para-hydroxylation sites is 2. The largest absolute Gasteiger partial charge is 0.310 e. The lowest BCUT2D eigenvalue weighted by Gasteiger charge is -2.47. The monoisotopic (exact) mass is 1330 g/mol. The first-order valence-electron chi connectivity index (χ1n) is 37.7. The predicted octanol–water partition coefficient (Wildman–Crippen LogP) is 25.2. The highest BCUT2D eigenvalue weighted by Gasteiger charge is 2.49. The minimum Gasteiger partial charge on any atom is -0.310 e. The van der Waals surface area contributed by atoms with Crippen molar-refractivity contribution >= 4 is 101 Å². The third-order valence-corrected chi connectivity index (χ3v) is 22.8. The zero-order valence-corrected chi connectivity index (χ0v) is 61.5. The SMILES string of the molecule is CCCCc1cc(-c2ccccc2)cc(-c2ccccc2)c1N1c2cc(-n3c4ccccc4c4cc(C(C)(C)C)ccc43)ccc2B2c3ccc(-n4c5ccccc5c5cc(C(C)(C)C)ccc54)cc3N3c4c(CCCC)cc(-c5ccccc5)cc4-c4ccccc4-c4c(C(C)(C)C)cc1c2c43. The molecule has 5 heteroatoms. The summed E-state index contributed by atoms with van der Waals surface area (Å²) in [7, 11) is 0. The Balaban J connectivity index is 1.03. The van der Waals surface area contributed by atoms with Gasteiger partial charge >= 0.3 is 0 Å². The normalized spacial score (nSPS) is 13.2. The van der Waals surface area contributed by atoms with Crippen LogP contribution in [-0.2, 0) is 29.1 Å². The summed E-state index contributed by atoms with van der Waals surface area (Å²) in [6.45, 7) is 25.9. The molecule has 13 aromatic carbocycles. The van der Waals surface area contributed by atoms with Gasteiger partial charge < -0.3 is 18.9 Å². The quantitative estimate of drug-likeness (QED) is 0.113. The first kappa shape index (κ1) is 64.2. The summed E-state index contributed by atoms with van der Waals surface area (Å²) >= 11 is 0. The molecular weight excluding hydrogens is 1240 g/mol. The van der Waals surface area contributed by atoms with E-state index in [1.807, 2.05) is 0 Å². The first-order valence-corrected chi connectivity index (χ1v) is 37.7. The molecule has 15 aromatic rings. The van der Waals surface area contributed by atoms with Crippen LogP contribution in [0, 0.1) is 0 Å². The number of unbranched alkanes of at least 4 members (excludes halogenated alkanes) is 2. The molecule has 4 nitrogen and oxygen atoms in total. The molecule has 0 aliphatic carbocycles. The Morgan fingerprint density at radius 1 is 0.311 bits per heavy atom. The highest BCUT2D eigenvalue weighted by molar-refractivity contribution is 7.00. The fourth-order valence-corrected chi connectivity index (χ4v) is 17.7. The maximum atomic E-state index is 2.84. The third-order valence-electron chi connectivity index (χ3n) is 22.8. The molecule has 3 aliphatic rings. The van der Waals surface area contributed by atoms with Gasteiger partial charge in [-0.1, -0.05) is 265 Å². The van der Waals surface area contributed by atoms with Gasteiger partial charge in [-0.2, -0.15) is 0 Å². The molecule has 3 aliphatic heterocycles. The summed E-state index contributed by atoms with van der Waals surface area (Å²) in [6, 6.07) is 104. The van der Waals surface area contributed by atoms with E-state index in [1.54, 1.807) is 0 Å². The summed E-state index contributed by atoms with van der Waals surface area (Å²) in [5.41, 5.74) is 37.2. The van der Waals surface area contributed by atoms with Crippen molar-refractivity contribution in [2.45, 2.75) is 131 Å². The van der Waals surface area contributed by atoms with Crippen LogP contribution in [0.15, 0.2) is 267 Å². The smallest absolute Gasteiger partial charge is 0.252 e. The number of hydrogen-bond acceptors (Lipinski definition) is 2. The van der Waals surface area contributed by atoms with Crippen molar-refractivity contribution in [3.05, 3.63) is 295 Å². The first-order chi connectivity index (χ1) is 49.9. The van der Waals surface area contributed by atoms with Crippen molar-refractivity contribution in [3.63, 3.8) is 0 Å². The summed E-state index contributed by atoms with van der Waals surface area (Å²) in [6.07, 6.45) is 6.05. The van der Waals surface area contributed by atoms with Gasteiger partial charge in [-0.3, -0.25) is 0 Å². The van der Waals surface area contributed by atoms with Gasteiger partial charge in [-0.15, -0.1) is 0 Å². The summed E-state index contributed by atoms with van der Waals surface area (Å²) in [5.74, 6) is 0. The van der Waals surface area contributed by atoms with E-state index < -0.39 is 0 Å². The minimum absolute atomic E-state index is 0.0231.